The number of fused-ring (bicyclic) bond motifs is 1. The number of nitrogens with zero attached hydrogens (tertiary/aromatic N) is 2. The molecule has 2 heterocycles. The molecular formula is C17H18N4O. The summed E-state index contributed by atoms with van der Waals surface area (Å²) < 4.78 is 0. The van der Waals surface area contributed by atoms with Gasteiger partial charge in [-0.3, -0.25) is 9.78 Å². The lowest BCUT2D eigenvalue weighted by molar-refractivity contribution is -0.121. The van der Waals surface area contributed by atoms with E-state index in [0.717, 1.165) is 28.8 Å². The minimum Gasteiger partial charge on any atom is -0.356 e. The van der Waals surface area contributed by atoms with Gasteiger partial charge in [-0.1, -0.05) is 18.2 Å². The van der Waals surface area contributed by atoms with Crippen molar-refractivity contribution in [2.24, 2.45) is 0 Å². The van der Waals surface area contributed by atoms with Crippen molar-refractivity contribution in [1.29, 1.82) is 0 Å². The summed E-state index contributed by atoms with van der Waals surface area (Å²) in [6.07, 6.45) is 5.42. The van der Waals surface area contributed by atoms with Gasteiger partial charge in [-0.2, -0.15) is 0 Å². The Bertz CT molecular complexity index is 718. The number of hydrogen-bond acceptors (Lipinski definition) is 3. The third kappa shape index (κ3) is 3.69. The Labute approximate surface area is 128 Å². The van der Waals surface area contributed by atoms with Crippen molar-refractivity contribution in [2.45, 2.75) is 19.3 Å². The maximum Gasteiger partial charge on any atom is 0.220 e. The zero-order chi connectivity index (χ0) is 15.2. The molecule has 0 aliphatic carbocycles. The van der Waals surface area contributed by atoms with Crippen molar-refractivity contribution in [2.75, 3.05) is 6.54 Å². The summed E-state index contributed by atoms with van der Waals surface area (Å²) in [5, 5.41) is 2.93. The highest BCUT2D eigenvalue weighted by Gasteiger charge is 2.06. The van der Waals surface area contributed by atoms with Crippen LogP contribution in [0.4, 0.5) is 0 Å². The summed E-state index contributed by atoms with van der Waals surface area (Å²) in [5.74, 6) is 0.896. The van der Waals surface area contributed by atoms with Crippen LogP contribution in [0.1, 0.15) is 17.8 Å². The summed E-state index contributed by atoms with van der Waals surface area (Å²) in [6.45, 7) is 0.630. The normalized spacial score (nSPS) is 10.7. The molecule has 1 aromatic carbocycles. The average Bonchev–Trinajstić information content (AvgIpc) is 2.97. The number of H-pyrrole nitrogens is 1. The fourth-order valence-corrected chi connectivity index (χ4v) is 2.34. The number of aromatic nitrogens is 3. The number of aryl methyl sites for hydroxylation is 1. The molecule has 0 fully saturated rings. The van der Waals surface area contributed by atoms with Crippen LogP contribution in [-0.4, -0.2) is 27.4 Å². The van der Waals surface area contributed by atoms with Gasteiger partial charge in [0, 0.05) is 31.8 Å². The number of imidazole rings is 1. The van der Waals surface area contributed by atoms with E-state index in [1.807, 2.05) is 42.6 Å². The minimum atomic E-state index is 0.0457. The Hall–Kier alpha value is -2.69. The molecule has 0 radical (unpaired) electrons. The molecule has 2 aromatic heterocycles. The molecule has 2 N–H and O–H groups in total. The molecule has 0 aliphatic rings. The van der Waals surface area contributed by atoms with Crippen LogP contribution in [0.5, 0.6) is 0 Å². The number of amides is 1. The van der Waals surface area contributed by atoms with Gasteiger partial charge in [0.1, 0.15) is 5.82 Å². The van der Waals surface area contributed by atoms with Crippen molar-refractivity contribution in [3.8, 4) is 0 Å². The fraction of sp³-hybridized carbons (Fsp3) is 0.235. The van der Waals surface area contributed by atoms with Crippen LogP contribution in [0, 0.1) is 0 Å². The first-order valence-electron chi connectivity index (χ1n) is 7.40. The molecule has 1 amide bonds. The van der Waals surface area contributed by atoms with Gasteiger partial charge in [0.25, 0.3) is 0 Å². The first-order chi connectivity index (χ1) is 10.8. The molecule has 5 heteroatoms. The van der Waals surface area contributed by atoms with Crippen LogP contribution in [0.15, 0.2) is 48.8 Å². The van der Waals surface area contributed by atoms with Crippen LogP contribution < -0.4 is 5.32 Å². The predicted octanol–water partition coefficient (Wildman–Crippen LogP) is 2.25. The number of pyridine rings is 1. The van der Waals surface area contributed by atoms with Gasteiger partial charge in [-0.15, -0.1) is 0 Å². The summed E-state index contributed by atoms with van der Waals surface area (Å²) in [4.78, 5) is 23.6. The molecule has 0 spiro atoms. The fourth-order valence-electron chi connectivity index (χ4n) is 2.34. The lowest BCUT2D eigenvalue weighted by atomic mass is 10.2. The Morgan fingerprint density at radius 1 is 1.14 bits per heavy atom. The van der Waals surface area contributed by atoms with Crippen LogP contribution in [0.3, 0.4) is 0 Å². The zero-order valence-corrected chi connectivity index (χ0v) is 12.2. The van der Waals surface area contributed by atoms with Crippen LogP contribution >= 0.6 is 0 Å². The first kappa shape index (κ1) is 14.3. The van der Waals surface area contributed by atoms with E-state index >= 15 is 0 Å². The molecule has 5 nitrogen and oxygen atoms in total. The Morgan fingerprint density at radius 3 is 2.86 bits per heavy atom. The third-order valence-electron chi connectivity index (χ3n) is 3.49. The second-order valence-corrected chi connectivity index (χ2v) is 5.16. The first-order valence-corrected chi connectivity index (χ1v) is 7.40. The number of carbonyl (C=O) groups excluding carboxylic acids is 1. The topological polar surface area (TPSA) is 70.7 Å². The highest BCUT2D eigenvalue weighted by atomic mass is 16.1. The lowest BCUT2D eigenvalue weighted by Crippen LogP contribution is -2.26. The summed E-state index contributed by atoms with van der Waals surface area (Å²) in [6, 6.07) is 11.8. The second-order valence-electron chi connectivity index (χ2n) is 5.16. The monoisotopic (exact) mass is 294 g/mol. The zero-order valence-electron chi connectivity index (χ0n) is 12.2. The van der Waals surface area contributed by atoms with Gasteiger partial charge < -0.3 is 10.3 Å². The quantitative estimate of drug-likeness (QED) is 0.732. The van der Waals surface area contributed by atoms with Crippen LogP contribution in [0.25, 0.3) is 11.0 Å². The standard InChI is InChI=1S/C17H18N4O/c22-17(19-11-9-13-4-3-10-18-12-13)8-7-16-20-14-5-1-2-6-15(14)21-16/h1-6,10,12H,7-9,11H2,(H,19,22)(H,20,21). The van der Waals surface area contributed by atoms with Gasteiger partial charge in [-0.05, 0) is 30.2 Å². The smallest absolute Gasteiger partial charge is 0.220 e. The molecule has 0 aliphatic heterocycles. The SMILES string of the molecule is O=C(CCc1nc2ccccc2[nH]1)NCCc1cccnc1. The van der Waals surface area contributed by atoms with E-state index in [-0.39, 0.29) is 5.91 Å². The molecule has 0 unspecified atom stereocenters. The van der Waals surface area contributed by atoms with Crippen LogP contribution in [0.2, 0.25) is 0 Å². The number of nitrogens with one attached hydrogen (secondary N) is 2. The largest absolute Gasteiger partial charge is 0.356 e. The lowest BCUT2D eigenvalue weighted by Gasteiger charge is -2.04. The van der Waals surface area contributed by atoms with Gasteiger partial charge in [0.05, 0.1) is 11.0 Å². The molecule has 3 rings (SSSR count). The van der Waals surface area contributed by atoms with Crippen molar-refractivity contribution >= 4 is 16.9 Å². The van der Waals surface area contributed by atoms with Gasteiger partial charge in [0.2, 0.25) is 5.91 Å². The van der Waals surface area contributed by atoms with E-state index in [4.69, 9.17) is 0 Å². The summed E-state index contributed by atoms with van der Waals surface area (Å²) in [7, 11) is 0. The number of aromatic amines is 1. The van der Waals surface area contributed by atoms with Crippen molar-refractivity contribution < 1.29 is 4.79 Å². The van der Waals surface area contributed by atoms with Crippen LogP contribution in [-0.2, 0) is 17.6 Å². The number of hydrogen-bond donors (Lipinski definition) is 2. The van der Waals surface area contributed by atoms with E-state index in [1.54, 1.807) is 6.20 Å². The Kier molecular flexibility index (Phi) is 4.44. The van der Waals surface area contributed by atoms with E-state index in [9.17, 15) is 4.79 Å². The minimum absolute atomic E-state index is 0.0457. The highest BCUT2D eigenvalue weighted by molar-refractivity contribution is 5.77. The van der Waals surface area contributed by atoms with E-state index in [1.165, 1.54) is 0 Å². The maximum absolute atomic E-state index is 11.9. The maximum atomic E-state index is 11.9. The van der Waals surface area contributed by atoms with Gasteiger partial charge >= 0.3 is 0 Å². The molecule has 0 atom stereocenters. The van der Waals surface area contributed by atoms with E-state index in [2.05, 4.69) is 20.3 Å². The molecular weight excluding hydrogens is 276 g/mol. The van der Waals surface area contributed by atoms with Gasteiger partial charge in [0.15, 0.2) is 0 Å². The molecule has 3 aromatic rings. The predicted molar refractivity (Wildman–Crippen MR) is 85.4 cm³/mol. The third-order valence-corrected chi connectivity index (χ3v) is 3.49. The number of rotatable bonds is 6. The molecule has 0 saturated carbocycles. The van der Waals surface area contributed by atoms with Crippen molar-refractivity contribution in [1.82, 2.24) is 20.3 Å². The van der Waals surface area contributed by atoms with E-state index < -0.39 is 0 Å². The summed E-state index contributed by atoms with van der Waals surface area (Å²) >= 11 is 0. The Balaban J connectivity index is 1.44. The molecule has 22 heavy (non-hydrogen) atoms. The van der Waals surface area contributed by atoms with Crippen molar-refractivity contribution in [3.05, 3.63) is 60.2 Å². The number of para-hydroxylation sites is 2. The molecule has 0 bridgehead atoms. The Morgan fingerprint density at radius 2 is 2.05 bits per heavy atom. The molecule has 112 valence electrons. The van der Waals surface area contributed by atoms with Gasteiger partial charge in [-0.25, -0.2) is 4.98 Å². The average molecular weight is 294 g/mol. The van der Waals surface area contributed by atoms with Crippen molar-refractivity contribution in [3.63, 3.8) is 0 Å². The number of benzene rings is 1. The highest BCUT2D eigenvalue weighted by Crippen LogP contribution is 2.11. The summed E-state index contributed by atoms with van der Waals surface area (Å²) in [5.41, 5.74) is 3.07. The second kappa shape index (κ2) is 6.85. The van der Waals surface area contributed by atoms with E-state index in [0.29, 0.717) is 19.4 Å². The number of carbonyl (C=O) groups is 1. The molecule has 0 saturated heterocycles.